The lowest BCUT2D eigenvalue weighted by atomic mass is 9.83. The molecule has 0 aliphatic heterocycles. The molecule has 0 amide bonds. The summed E-state index contributed by atoms with van der Waals surface area (Å²) < 4.78 is 0. The maximum Gasteiger partial charge on any atom is 0.000145 e. The van der Waals surface area contributed by atoms with Gasteiger partial charge in [-0.3, -0.25) is 0 Å². The Balaban J connectivity index is 2.58. The Hall–Kier alpha value is -1.04. The molecule has 0 nitrogen and oxygen atoms in total. The third kappa shape index (κ3) is 1.73. The Morgan fingerprint density at radius 3 is 2.40 bits per heavy atom. The van der Waals surface area contributed by atoms with Crippen molar-refractivity contribution in [3.05, 3.63) is 40.5 Å². The summed E-state index contributed by atoms with van der Waals surface area (Å²) in [5.41, 5.74) is 6.07. The fraction of sp³-hybridized carbons (Fsp3) is 0.467. The van der Waals surface area contributed by atoms with E-state index in [1.165, 1.54) is 22.3 Å². The van der Waals surface area contributed by atoms with Gasteiger partial charge in [-0.2, -0.15) is 0 Å². The van der Waals surface area contributed by atoms with Crippen molar-refractivity contribution in [2.45, 2.75) is 46.0 Å². The van der Waals surface area contributed by atoms with E-state index in [0.29, 0.717) is 5.92 Å². The molecule has 80 valence electrons. The van der Waals surface area contributed by atoms with Gasteiger partial charge in [0.15, 0.2) is 0 Å². The second-order valence-corrected chi connectivity index (χ2v) is 5.69. The molecule has 0 aromatic heterocycles. The molecule has 0 spiro atoms. The van der Waals surface area contributed by atoms with E-state index in [-0.39, 0.29) is 5.41 Å². The van der Waals surface area contributed by atoms with E-state index in [9.17, 15) is 0 Å². The summed E-state index contributed by atoms with van der Waals surface area (Å²) in [7, 11) is 0. The summed E-state index contributed by atoms with van der Waals surface area (Å²) in [4.78, 5) is 0. The van der Waals surface area contributed by atoms with Crippen molar-refractivity contribution < 1.29 is 0 Å². The van der Waals surface area contributed by atoms with Crippen LogP contribution in [0, 0.1) is 6.92 Å². The zero-order valence-electron chi connectivity index (χ0n) is 10.4. The largest absolute Gasteiger partial charge is 0.0766 e. The predicted molar refractivity (Wildman–Crippen MR) is 67.3 cm³/mol. The van der Waals surface area contributed by atoms with Gasteiger partial charge in [-0.15, -0.1) is 0 Å². The molecule has 0 radical (unpaired) electrons. The van der Waals surface area contributed by atoms with Crippen molar-refractivity contribution in [3.8, 4) is 0 Å². The lowest BCUT2D eigenvalue weighted by molar-refractivity contribution is 0.589. The van der Waals surface area contributed by atoms with Crippen LogP contribution in [-0.2, 0) is 5.41 Å². The second-order valence-electron chi connectivity index (χ2n) is 5.69. The minimum Gasteiger partial charge on any atom is -0.0766 e. The van der Waals surface area contributed by atoms with E-state index in [0.717, 1.165) is 0 Å². The first-order chi connectivity index (χ1) is 6.89. The smallest absolute Gasteiger partial charge is 0.000145 e. The molecular formula is C15H20. The molecule has 0 bridgehead atoms. The second kappa shape index (κ2) is 3.23. The average Bonchev–Trinajstić information content (AvgIpc) is 2.46. The van der Waals surface area contributed by atoms with Gasteiger partial charge in [0.25, 0.3) is 0 Å². The van der Waals surface area contributed by atoms with E-state index in [1.54, 1.807) is 0 Å². The summed E-state index contributed by atoms with van der Waals surface area (Å²) in [6.45, 7) is 11.3. The third-order valence-electron chi connectivity index (χ3n) is 3.30. The van der Waals surface area contributed by atoms with Gasteiger partial charge in [0.2, 0.25) is 0 Å². The lowest BCUT2D eigenvalue weighted by Gasteiger charge is -2.22. The predicted octanol–water partition coefficient (Wildman–Crippen LogP) is 4.42. The highest BCUT2D eigenvalue weighted by Gasteiger charge is 2.20. The van der Waals surface area contributed by atoms with E-state index in [2.05, 4.69) is 58.9 Å². The zero-order valence-corrected chi connectivity index (χ0v) is 10.4. The van der Waals surface area contributed by atoms with Gasteiger partial charge >= 0.3 is 0 Å². The lowest BCUT2D eigenvalue weighted by Crippen LogP contribution is -2.12. The Morgan fingerprint density at radius 2 is 1.80 bits per heavy atom. The van der Waals surface area contributed by atoms with Crippen LogP contribution in [0.3, 0.4) is 0 Å². The molecule has 1 aliphatic carbocycles. The van der Waals surface area contributed by atoms with Crippen LogP contribution in [-0.4, -0.2) is 0 Å². The van der Waals surface area contributed by atoms with Gasteiger partial charge in [-0.05, 0) is 34.6 Å². The van der Waals surface area contributed by atoms with E-state index in [4.69, 9.17) is 0 Å². The number of hydrogen-bond acceptors (Lipinski definition) is 0. The van der Waals surface area contributed by atoms with Crippen molar-refractivity contribution in [2.24, 2.45) is 0 Å². The molecule has 2 rings (SSSR count). The quantitative estimate of drug-likeness (QED) is 0.581. The number of rotatable bonds is 0. The van der Waals surface area contributed by atoms with Crippen molar-refractivity contribution >= 4 is 6.08 Å². The maximum atomic E-state index is 2.35. The maximum absolute atomic E-state index is 2.35. The SMILES string of the molecule is Cc1cc(C(C)(C)C)cc2c1C(C)C=C2. The topological polar surface area (TPSA) is 0 Å². The highest BCUT2D eigenvalue weighted by molar-refractivity contribution is 5.65. The Labute approximate surface area is 93.0 Å². The fourth-order valence-electron chi connectivity index (χ4n) is 2.36. The van der Waals surface area contributed by atoms with E-state index < -0.39 is 0 Å². The fourth-order valence-corrected chi connectivity index (χ4v) is 2.36. The van der Waals surface area contributed by atoms with Gasteiger partial charge in [0.05, 0.1) is 0 Å². The summed E-state index contributed by atoms with van der Waals surface area (Å²) in [6, 6.07) is 4.70. The minimum absolute atomic E-state index is 0.249. The number of hydrogen-bond donors (Lipinski definition) is 0. The highest BCUT2D eigenvalue weighted by atomic mass is 14.2. The van der Waals surface area contributed by atoms with Crippen LogP contribution in [0.2, 0.25) is 0 Å². The summed E-state index contributed by atoms with van der Waals surface area (Å²) in [5, 5.41) is 0. The van der Waals surface area contributed by atoms with Gasteiger partial charge in [0.1, 0.15) is 0 Å². The normalized spacial score (nSPS) is 19.4. The molecule has 15 heavy (non-hydrogen) atoms. The standard InChI is InChI=1S/C15H20/c1-10-6-7-12-9-13(15(3,4)5)8-11(2)14(10)12/h6-10H,1-5H3. The molecule has 0 saturated carbocycles. The van der Waals surface area contributed by atoms with E-state index >= 15 is 0 Å². The van der Waals surface area contributed by atoms with Crippen molar-refractivity contribution in [1.82, 2.24) is 0 Å². The number of benzene rings is 1. The van der Waals surface area contributed by atoms with Crippen LogP contribution < -0.4 is 0 Å². The summed E-state index contributed by atoms with van der Waals surface area (Å²) in [6.07, 6.45) is 4.56. The van der Waals surface area contributed by atoms with Gasteiger partial charge < -0.3 is 0 Å². The Bertz CT molecular complexity index is 416. The van der Waals surface area contributed by atoms with Crippen LogP contribution >= 0.6 is 0 Å². The van der Waals surface area contributed by atoms with Gasteiger partial charge in [0, 0.05) is 5.92 Å². The molecule has 1 aromatic carbocycles. The number of aryl methyl sites for hydroxylation is 1. The van der Waals surface area contributed by atoms with Crippen LogP contribution in [0.4, 0.5) is 0 Å². The molecule has 0 saturated heterocycles. The molecule has 1 unspecified atom stereocenters. The number of fused-ring (bicyclic) bond motifs is 1. The molecule has 0 N–H and O–H groups in total. The van der Waals surface area contributed by atoms with Crippen LogP contribution in [0.1, 0.15) is 55.9 Å². The molecule has 0 heterocycles. The molecule has 0 heteroatoms. The van der Waals surface area contributed by atoms with Crippen molar-refractivity contribution in [2.75, 3.05) is 0 Å². The minimum atomic E-state index is 0.249. The highest BCUT2D eigenvalue weighted by Crippen LogP contribution is 2.35. The van der Waals surface area contributed by atoms with Crippen molar-refractivity contribution in [3.63, 3.8) is 0 Å². The first kappa shape index (κ1) is 10.5. The summed E-state index contributed by atoms with van der Waals surface area (Å²) in [5.74, 6) is 0.592. The summed E-state index contributed by atoms with van der Waals surface area (Å²) >= 11 is 0. The van der Waals surface area contributed by atoms with Crippen LogP contribution in [0.5, 0.6) is 0 Å². The first-order valence-corrected chi connectivity index (χ1v) is 5.73. The molecule has 1 aromatic rings. The van der Waals surface area contributed by atoms with Crippen molar-refractivity contribution in [1.29, 1.82) is 0 Å². The molecular weight excluding hydrogens is 180 g/mol. The number of allylic oxidation sites excluding steroid dienone is 1. The molecule has 1 aliphatic rings. The van der Waals surface area contributed by atoms with E-state index in [1.807, 2.05) is 0 Å². The Kier molecular flexibility index (Phi) is 2.26. The monoisotopic (exact) mass is 200 g/mol. The first-order valence-electron chi connectivity index (χ1n) is 5.73. The third-order valence-corrected chi connectivity index (χ3v) is 3.30. The van der Waals surface area contributed by atoms with Crippen LogP contribution in [0.25, 0.3) is 6.08 Å². The van der Waals surface area contributed by atoms with Crippen LogP contribution in [0.15, 0.2) is 18.2 Å². The van der Waals surface area contributed by atoms with Gasteiger partial charge in [-0.25, -0.2) is 0 Å². The molecule has 0 fully saturated rings. The zero-order chi connectivity index (χ0) is 11.2. The Morgan fingerprint density at radius 1 is 1.13 bits per heavy atom. The molecule has 1 atom stereocenters. The van der Waals surface area contributed by atoms with Gasteiger partial charge in [-0.1, -0.05) is 52.0 Å². The average molecular weight is 200 g/mol.